The fraction of sp³-hybridized carbons (Fsp3) is 0.105. The number of rotatable bonds is 6. The first-order valence-corrected chi connectivity index (χ1v) is 11.9. The van der Waals surface area contributed by atoms with Gasteiger partial charge in [0.2, 0.25) is 5.91 Å². The van der Waals surface area contributed by atoms with Crippen LogP contribution in [0.3, 0.4) is 0 Å². The van der Waals surface area contributed by atoms with Gasteiger partial charge in [-0.05, 0) is 17.7 Å². The minimum Gasteiger partial charge on any atom is -0.301 e. The molecule has 0 saturated carbocycles. The number of nitrogens with one attached hydrogen (secondary N) is 1. The van der Waals surface area contributed by atoms with Gasteiger partial charge in [0.25, 0.3) is 0 Å². The molecule has 1 N–H and O–H groups in total. The molecule has 6 nitrogen and oxygen atoms in total. The van der Waals surface area contributed by atoms with Crippen LogP contribution in [0.15, 0.2) is 60.0 Å². The molecule has 4 rings (SSSR count). The highest BCUT2D eigenvalue weighted by molar-refractivity contribution is 7.91. The Labute approximate surface area is 169 Å². The zero-order valence-corrected chi connectivity index (χ0v) is 17.0. The Kier molecular flexibility index (Phi) is 5.21. The average Bonchev–Trinajstić information content (AvgIpc) is 3.27. The van der Waals surface area contributed by atoms with E-state index in [0.29, 0.717) is 16.4 Å². The molecule has 0 unspecified atom stereocenters. The van der Waals surface area contributed by atoms with Crippen molar-refractivity contribution in [2.75, 3.05) is 11.1 Å². The van der Waals surface area contributed by atoms with Crippen LogP contribution in [0.25, 0.3) is 20.9 Å². The highest BCUT2D eigenvalue weighted by Crippen LogP contribution is 2.31. The van der Waals surface area contributed by atoms with Crippen molar-refractivity contribution in [2.24, 2.45) is 0 Å². The number of nitrogens with zero attached hydrogens (tertiary/aromatic N) is 2. The number of para-hydroxylation sites is 1. The molecule has 1 amide bonds. The third-order valence-corrected chi connectivity index (χ3v) is 7.14. The van der Waals surface area contributed by atoms with Gasteiger partial charge in [-0.1, -0.05) is 42.5 Å². The van der Waals surface area contributed by atoms with E-state index >= 15 is 0 Å². The van der Waals surface area contributed by atoms with Gasteiger partial charge in [-0.3, -0.25) is 4.79 Å². The van der Waals surface area contributed by atoms with E-state index in [1.807, 2.05) is 30.3 Å². The van der Waals surface area contributed by atoms with Crippen molar-refractivity contribution < 1.29 is 13.2 Å². The Morgan fingerprint density at radius 3 is 2.54 bits per heavy atom. The molecule has 2 heterocycles. The molecule has 2 aromatic heterocycles. The molecule has 4 aromatic rings. The van der Waals surface area contributed by atoms with E-state index in [1.165, 1.54) is 22.7 Å². The van der Waals surface area contributed by atoms with Gasteiger partial charge in [0.1, 0.15) is 16.5 Å². The summed E-state index contributed by atoms with van der Waals surface area (Å²) in [4.78, 5) is 21.1. The van der Waals surface area contributed by atoms with Crippen LogP contribution in [-0.2, 0) is 20.4 Å². The molecule has 0 aliphatic heterocycles. The summed E-state index contributed by atoms with van der Waals surface area (Å²) in [5, 5.41) is 5.49. The molecule has 0 atom stereocenters. The standard InChI is InChI=1S/C19H15N3O3S3/c23-17(12-28(24,25)11-13-6-2-1-3-7-13)22-19-21-15(10-26-19)18-20-14-8-4-5-9-16(14)27-18/h1-10H,11-12H2,(H,21,22,23). The van der Waals surface area contributed by atoms with E-state index in [4.69, 9.17) is 0 Å². The lowest BCUT2D eigenvalue weighted by atomic mass is 10.2. The summed E-state index contributed by atoms with van der Waals surface area (Å²) in [6.07, 6.45) is 0. The largest absolute Gasteiger partial charge is 0.301 e. The van der Waals surface area contributed by atoms with Crippen molar-refractivity contribution in [1.29, 1.82) is 0 Å². The van der Waals surface area contributed by atoms with Gasteiger partial charge in [0, 0.05) is 5.38 Å². The molecule has 2 aromatic carbocycles. The van der Waals surface area contributed by atoms with E-state index < -0.39 is 21.5 Å². The maximum absolute atomic E-state index is 12.2. The van der Waals surface area contributed by atoms with Crippen molar-refractivity contribution in [3.63, 3.8) is 0 Å². The monoisotopic (exact) mass is 429 g/mol. The average molecular weight is 430 g/mol. The van der Waals surface area contributed by atoms with Crippen LogP contribution in [0, 0.1) is 0 Å². The highest BCUT2D eigenvalue weighted by Gasteiger charge is 2.19. The third kappa shape index (κ3) is 4.44. The number of anilines is 1. The van der Waals surface area contributed by atoms with Gasteiger partial charge in [-0.15, -0.1) is 22.7 Å². The summed E-state index contributed by atoms with van der Waals surface area (Å²) in [6, 6.07) is 16.6. The van der Waals surface area contributed by atoms with Crippen LogP contribution in [0.5, 0.6) is 0 Å². The van der Waals surface area contributed by atoms with E-state index in [1.54, 1.807) is 29.6 Å². The molecule has 142 valence electrons. The van der Waals surface area contributed by atoms with E-state index in [-0.39, 0.29) is 5.75 Å². The van der Waals surface area contributed by atoms with Crippen molar-refractivity contribution in [3.05, 3.63) is 65.5 Å². The highest BCUT2D eigenvalue weighted by atomic mass is 32.2. The predicted molar refractivity (Wildman–Crippen MR) is 113 cm³/mol. The first-order chi connectivity index (χ1) is 13.5. The normalized spacial score (nSPS) is 11.6. The van der Waals surface area contributed by atoms with Crippen LogP contribution >= 0.6 is 22.7 Å². The summed E-state index contributed by atoms with van der Waals surface area (Å²) in [7, 11) is -3.56. The topological polar surface area (TPSA) is 89.0 Å². The van der Waals surface area contributed by atoms with Crippen LogP contribution in [0.4, 0.5) is 5.13 Å². The summed E-state index contributed by atoms with van der Waals surface area (Å²) in [5.74, 6) is -1.35. The molecule has 0 fully saturated rings. The van der Waals surface area contributed by atoms with Gasteiger partial charge in [-0.2, -0.15) is 0 Å². The fourth-order valence-corrected chi connectivity index (χ4v) is 5.63. The number of hydrogen-bond donors (Lipinski definition) is 1. The van der Waals surface area contributed by atoms with Crippen LogP contribution in [0.2, 0.25) is 0 Å². The van der Waals surface area contributed by atoms with Gasteiger partial charge in [0.15, 0.2) is 15.0 Å². The molecule has 9 heteroatoms. The lowest BCUT2D eigenvalue weighted by molar-refractivity contribution is -0.113. The number of sulfone groups is 1. The Morgan fingerprint density at radius 2 is 1.75 bits per heavy atom. The quantitative estimate of drug-likeness (QED) is 0.501. The molecule has 0 bridgehead atoms. The number of carbonyl (C=O) groups is 1. The number of carbonyl (C=O) groups excluding carboxylic acids is 1. The smallest absolute Gasteiger partial charge is 0.241 e. The Morgan fingerprint density at radius 1 is 1.00 bits per heavy atom. The third-order valence-electron chi connectivity index (χ3n) is 3.84. The van der Waals surface area contributed by atoms with Crippen LogP contribution in [-0.4, -0.2) is 30.0 Å². The molecular weight excluding hydrogens is 414 g/mol. The minimum absolute atomic E-state index is 0.171. The van der Waals surface area contributed by atoms with Gasteiger partial charge < -0.3 is 5.32 Å². The summed E-state index contributed by atoms with van der Waals surface area (Å²) in [6.45, 7) is 0. The maximum Gasteiger partial charge on any atom is 0.241 e. The van der Waals surface area contributed by atoms with Crippen molar-refractivity contribution in [2.45, 2.75) is 5.75 Å². The van der Waals surface area contributed by atoms with Crippen molar-refractivity contribution in [1.82, 2.24) is 9.97 Å². The number of thiazole rings is 2. The number of amides is 1. The van der Waals surface area contributed by atoms with Crippen LogP contribution < -0.4 is 5.32 Å². The van der Waals surface area contributed by atoms with Gasteiger partial charge >= 0.3 is 0 Å². The molecule has 0 spiro atoms. The van der Waals surface area contributed by atoms with E-state index in [9.17, 15) is 13.2 Å². The SMILES string of the molecule is O=C(CS(=O)(=O)Cc1ccccc1)Nc1nc(-c2nc3ccccc3s2)cs1. The number of hydrogen-bond acceptors (Lipinski definition) is 7. The fourth-order valence-electron chi connectivity index (χ4n) is 2.65. The lowest BCUT2D eigenvalue weighted by Crippen LogP contribution is -2.23. The summed E-state index contributed by atoms with van der Waals surface area (Å²) < 4.78 is 25.5. The first-order valence-electron chi connectivity index (χ1n) is 8.34. The Bertz CT molecular complexity index is 1200. The second-order valence-corrected chi connectivity index (χ2v) is 10.0. The molecule has 0 aliphatic rings. The predicted octanol–water partition coefficient (Wildman–Crippen LogP) is 3.97. The van der Waals surface area contributed by atoms with Crippen molar-refractivity contribution >= 4 is 53.8 Å². The second-order valence-electron chi connectivity index (χ2n) is 6.09. The molecule has 0 aliphatic carbocycles. The van der Waals surface area contributed by atoms with Crippen LogP contribution in [0.1, 0.15) is 5.56 Å². The second kappa shape index (κ2) is 7.78. The number of benzene rings is 2. The molecule has 28 heavy (non-hydrogen) atoms. The Balaban J connectivity index is 1.42. The summed E-state index contributed by atoms with van der Waals surface area (Å²) >= 11 is 2.76. The number of aromatic nitrogens is 2. The maximum atomic E-state index is 12.2. The minimum atomic E-state index is -3.56. The Hall–Kier alpha value is -2.62. The summed E-state index contributed by atoms with van der Waals surface area (Å²) in [5.41, 5.74) is 2.21. The molecule has 0 radical (unpaired) electrons. The lowest BCUT2D eigenvalue weighted by Gasteiger charge is -2.04. The first kappa shape index (κ1) is 18.7. The van der Waals surface area contributed by atoms with E-state index in [2.05, 4.69) is 15.3 Å². The molecule has 0 saturated heterocycles. The van der Waals surface area contributed by atoms with Gasteiger partial charge in [0.05, 0.1) is 16.0 Å². The van der Waals surface area contributed by atoms with E-state index in [0.717, 1.165) is 15.2 Å². The van der Waals surface area contributed by atoms with Gasteiger partial charge in [-0.25, -0.2) is 18.4 Å². The number of fused-ring (bicyclic) bond motifs is 1. The zero-order chi connectivity index (χ0) is 19.6. The zero-order valence-electron chi connectivity index (χ0n) is 14.5. The molecular formula is C19H15N3O3S3. The van der Waals surface area contributed by atoms with Crippen molar-refractivity contribution in [3.8, 4) is 10.7 Å².